The average molecular weight is 770 g/mol. The number of likely N-dealkylation sites (N-methyl/N-ethyl adjacent to an activating group) is 2. The summed E-state index contributed by atoms with van der Waals surface area (Å²) in [5, 5.41) is 0. The standard InChI is InChI=1S/C39H42F3N3O8S/c1-44-13-11-23-17-31(48-3)34-20-27(23)29(44)15-22-7-9-26(10-8-22)52-33-19-25(28(21-32(33)49-4)43-54(46,47)39(40,41)42)16-30-36-24(12-14-45(30)2)18-35(50-5)37(51-6)38(36)53-34/h7-10,17-21,29-30,43H,11-16H2,1-6H3/t29-,30-/m0/s1. The van der Waals surface area contributed by atoms with Crippen LogP contribution in [0.1, 0.15) is 45.5 Å². The van der Waals surface area contributed by atoms with E-state index in [0.29, 0.717) is 59.4 Å². The normalized spacial score (nSPS) is 18.7. The fourth-order valence-electron chi connectivity index (χ4n) is 7.64. The Morgan fingerprint density at radius 3 is 1.98 bits per heavy atom. The first kappa shape index (κ1) is 37.5. The van der Waals surface area contributed by atoms with Gasteiger partial charge in [0.15, 0.2) is 34.5 Å². The molecule has 4 aliphatic rings. The van der Waals surface area contributed by atoms with Crippen LogP contribution in [0.4, 0.5) is 18.9 Å². The monoisotopic (exact) mass is 769 g/mol. The van der Waals surface area contributed by atoms with Gasteiger partial charge in [0.25, 0.3) is 0 Å². The summed E-state index contributed by atoms with van der Waals surface area (Å²) in [5.74, 6) is 2.76. The van der Waals surface area contributed by atoms with Crippen molar-refractivity contribution in [3.63, 3.8) is 0 Å². The third-order valence-corrected chi connectivity index (χ3v) is 11.6. The molecule has 4 aromatic rings. The summed E-state index contributed by atoms with van der Waals surface area (Å²) < 4.78 is 105. The Hall–Kier alpha value is -4.86. The lowest BCUT2D eigenvalue weighted by Crippen LogP contribution is -2.34. The van der Waals surface area contributed by atoms with E-state index < -0.39 is 21.6 Å². The minimum Gasteiger partial charge on any atom is -0.493 e. The number of hydrogen-bond acceptors (Lipinski definition) is 10. The number of alkyl halides is 3. The van der Waals surface area contributed by atoms with E-state index in [1.54, 1.807) is 11.8 Å². The van der Waals surface area contributed by atoms with Gasteiger partial charge in [-0.3, -0.25) is 14.5 Å². The van der Waals surface area contributed by atoms with Crippen LogP contribution in [0, 0.1) is 0 Å². The molecule has 4 aromatic carbocycles. The Morgan fingerprint density at radius 2 is 1.33 bits per heavy atom. The van der Waals surface area contributed by atoms with E-state index in [4.69, 9.17) is 28.4 Å². The van der Waals surface area contributed by atoms with Crippen LogP contribution in [0.25, 0.3) is 0 Å². The predicted molar refractivity (Wildman–Crippen MR) is 196 cm³/mol. The van der Waals surface area contributed by atoms with Crippen molar-refractivity contribution in [2.24, 2.45) is 0 Å². The topological polar surface area (TPSA) is 108 Å². The van der Waals surface area contributed by atoms with Gasteiger partial charge in [0.05, 0.1) is 34.1 Å². The molecule has 0 saturated carbocycles. The maximum atomic E-state index is 13.8. The van der Waals surface area contributed by atoms with Crippen LogP contribution in [-0.4, -0.2) is 79.3 Å². The van der Waals surface area contributed by atoms with Crippen molar-refractivity contribution in [1.29, 1.82) is 0 Å². The average Bonchev–Trinajstić information content (AvgIpc) is 3.14. The minimum atomic E-state index is -5.81. The summed E-state index contributed by atoms with van der Waals surface area (Å²) in [7, 11) is 4.14. The first-order chi connectivity index (χ1) is 25.7. The van der Waals surface area contributed by atoms with E-state index in [2.05, 4.69) is 11.9 Å². The Bertz CT molecular complexity index is 2180. The molecule has 0 aromatic heterocycles. The number of anilines is 1. The Kier molecular flexibility index (Phi) is 10.00. The number of halogens is 3. The van der Waals surface area contributed by atoms with Gasteiger partial charge in [-0.1, -0.05) is 12.1 Å². The van der Waals surface area contributed by atoms with Gasteiger partial charge in [0.2, 0.25) is 5.75 Å². The van der Waals surface area contributed by atoms with Gasteiger partial charge < -0.3 is 28.4 Å². The van der Waals surface area contributed by atoms with Crippen molar-refractivity contribution in [3.05, 3.63) is 88.0 Å². The molecular formula is C39H42F3N3O8S. The number of nitrogens with zero attached hydrogens (tertiary/aromatic N) is 2. The zero-order valence-electron chi connectivity index (χ0n) is 30.8. The van der Waals surface area contributed by atoms with Crippen LogP contribution in [-0.2, 0) is 35.7 Å². The Morgan fingerprint density at radius 1 is 0.722 bits per heavy atom. The zero-order valence-corrected chi connectivity index (χ0v) is 31.6. The van der Waals surface area contributed by atoms with Crippen LogP contribution in [0.15, 0.2) is 54.6 Å². The molecule has 4 aliphatic heterocycles. The predicted octanol–water partition coefficient (Wildman–Crippen LogP) is 7.42. The third kappa shape index (κ3) is 6.84. The van der Waals surface area contributed by atoms with Crippen LogP contribution >= 0.6 is 0 Å². The quantitative estimate of drug-likeness (QED) is 0.213. The van der Waals surface area contributed by atoms with Crippen molar-refractivity contribution in [1.82, 2.24) is 9.80 Å². The molecule has 0 aliphatic carbocycles. The van der Waals surface area contributed by atoms with E-state index in [0.717, 1.165) is 35.2 Å². The van der Waals surface area contributed by atoms with Gasteiger partial charge in [-0.05, 0) is 104 Å². The third-order valence-electron chi connectivity index (χ3n) is 10.5. The largest absolute Gasteiger partial charge is 0.516 e. The van der Waals surface area contributed by atoms with Crippen molar-refractivity contribution in [3.8, 4) is 46.0 Å². The van der Waals surface area contributed by atoms with Crippen molar-refractivity contribution in [2.45, 2.75) is 43.3 Å². The van der Waals surface area contributed by atoms with E-state index in [1.807, 2.05) is 54.4 Å². The van der Waals surface area contributed by atoms with E-state index in [1.165, 1.54) is 33.5 Å². The molecule has 0 radical (unpaired) electrons. The highest BCUT2D eigenvalue weighted by Gasteiger charge is 2.46. The summed E-state index contributed by atoms with van der Waals surface area (Å²) in [6, 6.07) is 15.7. The maximum absolute atomic E-state index is 13.8. The number of rotatable bonds is 6. The van der Waals surface area contributed by atoms with Gasteiger partial charge >= 0.3 is 15.5 Å². The number of sulfonamides is 1. The van der Waals surface area contributed by atoms with Crippen molar-refractivity contribution >= 4 is 15.7 Å². The number of fused-ring (bicyclic) bond motifs is 2. The smallest absolute Gasteiger partial charge is 0.493 e. The lowest BCUT2D eigenvalue weighted by molar-refractivity contribution is -0.0429. The second-order valence-electron chi connectivity index (χ2n) is 13.7. The van der Waals surface area contributed by atoms with Crippen molar-refractivity contribution in [2.75, 3.05) is 60.3 Å². The van der Waals surface area contributed by atoms with E-state index in [9.17, 15) is 21.6 Å². The fourth-order valence-corrected chi connectivity index (χ4v) is 8.24. The van der Waals surface area contributed by atoms with Crippen molar-refractivity contribution < 1.29 is 50.0 Å². The molecule has 4 heterocycles. The molecule has 0 unspecified atom stereocenters. The van der Waals surface area contributed by atoms with Gasteiger partial charge in [-0.25, -0.2) is 0 Å². The second kappa shape index (κ2) is 14.4. The van der Waals surface area contributed by atoms with E-state index in [-0.39, 0.29) is 35.2 Å². The molecule has 0 fully saturated rings. The molecule has 6 bridgehead atoms. The molecule has 288 valence electrons. The molecule has 54 heavy (non-hydrogen) atoms. The van der Waals surface area contributed by atoms with Gasteiger partial charge in [0.1, 0.15) is 5.75 Å². The number of nitrogens with one attached hydrogen (secondary N) is 1. The number of ether oxygens (including phenoxy) is 6. The zero-order chi connectivity index (χ0) is 38.5. The summed E-state index contributed by atoms with van der Waals surface area (Å²) in [6.07, 6.45) is 2.12. The lowest BCUT2D eigenvalue weighted by atomic mass is 9.87. The summed E-state index contributed by atoms with van der Waals surface area (Å²) >= 11 is 0. The number of benzene rings is 4. The van der Waals surface area contributed by atoms with Crippen LogP contribution in [0.5, 0.6) is 46.0 Å². The minimum absolute atomic E-state index is 0.0170. The molecule has 0 amide bonds. The fraction of sp³-hybridized carbons (Fsp3) is 0.385. The first-order valence-corrected chi connectivity index (χ1v) is 18.9. The highest BCUT2D eigenvalue weighted by atomic mass is 32.2. The van der Waals surface area contributed by atoms with Gasteiger partial charge in [-0.15, -0.1) is 0 Å². The maximum Gasteiger partial charge on any atom is 0.516 e. The summed E-state index contributed by atoms with van der Waals surface area (Å²) in [6.45, 7) is 1.42. The molecule has 2 atom stereocenters. The van der Waals surface area contributed by atoms with Gasteiger partial charge in [0, 0.05) is 36.8 Å². The SMILES string of the molecule is COc1cc(NS(=O)(=O)C(F)(F)F)c2cc1Oc1ccc(cc1)C[C@H]1c3cc(c(OC)cc3CCN1C)Oc1c(OC)c(OC)cc3c1[C@H](C2)N(C)CC3. The first-order valence-electron chi connectivity index (χ1n) is 17.4. The number of methoxy groups -OCH3 is 4. The van der Waals surface area contributed by atoms with Crippen LogP contribution in [0.2, 0.25) is 0 Å². The number of hydrogen-bond donors (Lipinski definition) is 1. The molecular weight excluding hydrogens is 728 g/mol. The molecule has 8 rings (SSSR count). The molecule has 1 N–H and O–H groups in total. The second-order valence-corrected chi connectivity index (χ2v) is 15.4. The highest BCUT2D eigenvalue weighted by Crippen LogP contribution is 2.52. The molecule has 0 saturated heterocycles. The van der Waals surface area contributed by atoms with Crippen LogP contribution in [0.3, 0.4) is 0 Å². The Balaban J connectivity index is 1.50. The molecule has 11 nitrogen and oxygen atoms in total. The van der Waals surface area contributed by atoms with Gasteiger partial charge in [-0.2, -0.15) is 21.6 Å². The van der Waals surface area contributed by atoms with E-state index >= 15 is 0 Å². The highest BCUT2D eigenvalue weighted by molar-refractivity contribution is 7.93. The Labute approximate surface area is 312 Å². The summed E-state index contributed by atoms with van der Waals surface area (Å²) in [4.78, 5) is 4.36. The molecule has 0 spiro atoms. The summed E-state index contributed by atoms with van der Waals surface area (Å²) in [5.41, 5.74) is -0.800. The molecule has 15 heteroatoms. The van der Waals surface area contributed by atoms with Crippen LogP contribution < -0.4 is 33.1 Å². The lowest BCUT2D eigenvalue weighted by Gasteiger charge is -2.37.